The third-order valence-corrected chi connectivity index (χ3v) is 6.06. The standard InChI is InChI=1S/C14H11F8NO7S2/c1-32(28,29)7-2-3-9(8(4-7)23(25)26)31(27)5-10(24)30-6-12(17,18)14(21,22)13(19,20)11(15)16/h2-4,11H,5-6H2,1H3. The molecule has 0 spiro atoms. The number of esters is 1. The Morgan fingerprint density at radius 1 is 1.19 bits per heavy atom. The van der Waals surface area contributed by atoms with E-state index < -0.39 is 83.6 Å². The fraction of sp³-hybridized carbons (Fsp3) is 0.500. The zero-order valence-electron chi connectivity index (χ0n) is 15.4. The first-order valence-corrected chi connectivity index (χ1v) is 10.9. The molecular weight excluding hydrogens is 510 g/mol. The van der Waals surface area contributed by atoms with Gasteiger partial charge in [0.15, 0.2) is 16.4 Å². The first-order valence-electron chi connectivity index (χ1n) is 7.69. The SMILES string of the molecule is CS(=O)(=O)c1ccc(S(=O)CC(=O)OCC(F)(F)C(F)(F)C(F)(F)C(F)F)c([N+](=O)[O-])c1. The summed E-state index contributed by atoms with van der Waals surface area (Å²) in [5.41, 5.74) is -1.06. The van der Waals surface area contributed by atoms with Crippen LogP contribution in [0.25, 0.3) is 0 Å². The first-order chi connectivity index (χ1) is 14.3. The molecule has 0 saturated carbocycles. The number of hydrogen-bond acceptors (Lipinski definition) is 7. The summed E-state index contributed by atoms with van der Waals surface area (Å²) in [7, 11) is -6.71. The predicted molar refractivity (Wildman–Crippen MR) is 89.3 cm³/mol. The van der Waals surface area contributed by atoms with Gasteiger partial charge in [0.05, 0.1) is 20.6 Å². The molecule has 182 valence electrons. The van der Waals surface area contributed by atoms with Crippen LogP contribution in [0.4, 0.5) is 40.8 Å². The van der Waals surface area contributed by atoms with Gasteiger partial charge in [0.25, 0.3) is 5.69 Å². The zero-order chi connectivity index (χ0) is 25.3. The molecule has 32 heavy (non-hydrogen) atoms. The van der Waals surface area contributed by atoms with Crippen molar-refractivity contribution < 1.29 is 62.2 Å². The van der Waals surface area contributed by atoms with Gasteiger partial charge in [-0.15, -0.1) is 0 Å². The number of carbonyl (C=O) groups excluding carboxylic acids is 1. The van der Waals surface area contributed by atoms with E-state index in [2.05, 4.69) is 4.74 Å². The van der Waals surface area contributed by atoms with Gasteiger partial charge in [-0.2, -0.15) is 26.3 Å². The number of carbonyl (C=O) groups is 1. The molecular formula is C14H11F8NO7S2. The Morgan fingerprint density at radius 3 is 2.16 bits per heavy atom. The molecule has 18 heteroatoms. The minimum Gasteiger partial charge on any atom is -0.458 e. The van der Waals surface area contributed by atoms with Gasteiger partial charge in [0.2, 0.25) is 0 Å². The average Bonchev–Trinajstić information content (AvgIpc) is 2.64. The Balaban J connectivity index is 3.01. The number of sulfone groups is 1. The van der Waals surface area contributed by atoms with Gasteiger partial charge in [-0.05, 0) is 12.1 Å². The number of nitro groups is 1. The van der Waals surface area contributed by atoms with E-state index in [1.54, 1.807) is 0 Å². The Labute approximate surface area is 176 Å². The molecule has 1 atom stereocenters. The van der Waals surface area contributed by atoms with Gasteiger partial charge in [-0.25, -0.2) is 17.2 Å². The molecule has 1 aromatic rings. The van der Waals surface area contributed by atoms with Crippen LogP contribution in [0.2, 0.25) is 0 Å². The summed E-state index contributed by atoms with van der Waals surface area (Å²) in [5, 5.41) is 11.1. The molecule has 1 rings (SSSR count). The highest BCUT2D eigenvalue weighted by Crippen LogP contribution is 2.48. The van der Waals surface area contributed by atoms with Gasteiger partial charge >= 0.3 is 30.2 Å². The van der Waals surface area contributed by atoms with Crippen LogP contribution in [0.1, 0.15) is 0 Å². The van der Waals surface area contributed by atoms with Gasteiger partial charge in [-0.3, -0.25) is 19.1 Å². The molecule has 0 aliphatic heterocycles. The number of nitrogens with zero attached hydrogens (tertiary/aromatic N) is 1. The van der Waals surface area contributed by atoms with E-state index in [-0.39, 0.29) is 0 Å². The normalized spacial score (nSPS) is 14.3. The molecule has 8 nitrogen and oxygen atoms in total. The zero-order valence-corrected chi connectivity index (χ0v) is 17.0. The molecule has 0 aliphatic rings. The Kier molecular flexibility index (Phi) is 7.99. The van der Waals surface area contributed by atoms with Crippen LogP contribution >= 0.6 is 0 Å². The van der Waals surface area contributed by atoms with E-state index in [1.807, 2.05) is 0 Å². The average molecular weight is 521 g/mol. The number of benzene rings is 1. The molecule has 0 aromatic heterocycles. The van der Waals surface area contributed by atoms with Gasteiger partial charge < -0.3 is 4.74 Å². The largest absolute Gasteiger partial charge is 0.458 e. The second kappa shape index (κ2) is 9.24. The van der Waals surface area contributed by atoms with Crippen molar-refractivity contribution in [1.82, 2.24) is 0 Å². The van der Waals surface area contributed by atoms with Crippen molar-refractivity contribution in [2.45, 2.75) is 34.0 Å². The quantitative estimate of drug-likeness (QED) is 0.201. The van der Waals surface area contributed by atoms with Crippen LogP contribution < -0.4 is 0 Å². The maximum absolute atomic E-state index is 13.3. The number of rotatable bonds is 10. The highest BCUT2D eigenvalue weighted by atomic mass is 32.2. The minimum absolute atomic E-state index is 0.481. The highest BCUT2D eigenvalue weighted by molar-refractivity contribution is 7.90. The summed E-state index contributed by atoms with van der Waals surface area (Å²) in [6.45, 7) is -2.80. The summed E-state index contributed by atoms with van der Waals surface area (Å²) in [4.78, 5) is 20.0. The topological polar surface area (TPSA) is 121 Å². The summed E-state index contributed by atoms with van der Waals surface area (Å²) >= 11 is 0. The maximum atomic E-state index is 13.3. The number of halogens is 8. The molecule has 0 fully saturated rings. The van der Waals surface area contributed by atoms with Crippen molar-refractivity contribution in [3.05, 3.63) is 28.3 Å². The highest BCUT2D eigenvalue weighted by Gasteiger charge is 2.75. The number of ether oxygens (including phenoxy) is 1. The van der Waals surface area contributed by atoms with E-state index in [1.165, 1.54) is 0 Å². The second-order valence-corrected chi connectivity index (χ2v) is 9.45. The summed E-state index contributed by atoms with van der Waals surface area (Å²) in [5.74, 6) is -22.5. The molecule has 0 N–H and O–H groups in total. The third-order valence-electron chi connectivity index (χ3n) is 3.62. The van der Waals surface area contributed by atoms with Crippen molar-refractivity contribution in [1.29, 1.82) is 0 Å². The predicted octanol–water partition coefficient (Wildman–Crippen LogP) is 2.82. The van der Waals surface area contributed by atoms with Crippen LogP contribution in [0.3, 0.4) is 0 Å². The molecule has 1 unspecified atom stereocenters. The maximum Gasteiger partial charge on any atom is 0.381 e. The van der Waals surface area contributed by atoms with Gasteiger partial charge in [0.1, 0.15) is 10.6 Å². The van der Waals surface area contributed by atoms with Crippen molar-refractivity contribution in [3.8, 4) is 0 Å². The lowest BCUT2D eigenvalue weighted by Gasteiger charge is -2.31. The fourth-order valence-corrected chi connectivity index (χ4v) is 3.61. The molecule has 0 bridgehead atoms. The van der Waals surface area contributed by atoms with E-state index >= 15 is 0 Å². The monoisotopic (exact) mass is 521 g/mol. The third kappa shape index (κ3) is 5.70. The molecule has 0 radical (unpaired) electrons. The minimum atomic E-state index is -6.63. The molecule has 1 aromatic carbocycles. The Hall–Kier alpha value is -2.37. The van der Waals surface area contributed by atoms with E-state index in [9.17, 15) is 62.7 Å². The molecule has 0 heterocycles. The number of hydrogen-bond donors (Lipinski definition) is 0. The molecule has 0 aliphatic carbocycles. The van der Waals surface area contributed by atoms with E-state index in [0.717, 1.165) is 6.07 Å². The van der Waals surface area contributed by atoms with Crippen molar-refractivity contribution >= 4 is 32.3 Å². The van der Waals surface area contributed by atoms with E-state index in [0.29, 0.717) is 18.4 Å². The van der Waals surface area contributed by atoms with Crippen LogP contribution in [-0.4, -0.2) is 66.3 Å². The van der Waals surface area contributed by atoms with Crippen LogP contribution in [0.15, 0.2) is 28.0 Å². The second-order valence-electron chi connectivity index (χ2n) is 6.01. The Bertz CT molecular complexity index is 1030. The lowest BCUT2D eigenvalue weighted by Crippen LogP contribution is -2.59. The first kappa shape index (κ1) is 27.7. The van der Waals surface area contributed by atoms with Crippen molar-refractivity contribution in [2.75, 3.05) is 18.6 Å². The number of nitro benzene ring substituents is 1. The summed E-state index contributed by atoms with van der Waals surface area (Å²) in [6.07, 6.45) is -4.49. The van der Waals surface area contributed by atoms with Crippen molar-refractivity contribution in [2.24, 2.45) is 0 Å². The molecule has 0 amide bonds. The van der Waals surface area contributed by atoms with E-state index in [4.69, 9.17) is 0 Å². The summed E-state index contributed by atoms with van der Waals surface area (Å²) < 4.78 is 141. The summed E-state index contributed by atoms with van der Waals surface area (Å²) in [6, 6.07) is 1.90. The van der Waals surface area contributed by atoms with Crippen LogP contribution in [-0.2, 0) is 30.2 Å². The van der Waals surface area contributed by atoms with Crippen molar-refractivity contribution in [3.63, 3.8) is 0 Å². The molecule has 0 saturated heterocycles. The fourth-order valence-electron chi connectivity index (χ4n) is 1.93. The smallest absolute Gasteiger partial charge is 0.381 e. The van der Waals surface area contributed by atoms with Gasteiger partial charge in [0, 0.05) is 12.3 Å². The van der Waals surface area contributed by atoms with Gasteiger partial charge in [-0.1, -0.05) is 0 Å². The lowest BCUT2D eigenvalue weighted by molar-refractivity contribution is -0.388. The van der Waals surface area contributed by atoms with Crippen LogP contribution in [0.5, 0.6) is 0 Å². The lowest BCUT2D eigenvalue weighted by atomic mass is 10.1. The Morgan fingerprint density at radius 2 is 1.72 bits per heavy atom. The number of alkyl halides is 8. The van der Waals surface area contributed by atoms with Crippen LogP contribution in [0, 0.1) is 10.1 Å².